The van der Waals surface area contributed by atoms with E-state index >= 15 is 0 Å². The molecule has 0 spiro atoms. The van der Waals surface area contributed by atoms with E-state index in [0.717, 1.165) is 34.2 Å². The number of aryl methyl sites for hydroxylation is 3. The van der Waals surface area contributed by atoms with Crippen LogP contribution in [0.4, 0.5) is 0 Å². The van der Waals surface area contributed by atoms with Crippen LogP contribution >= 0.6 is 45.7 Å². The average Bonchev–Trinajstić information content (AvgIpc) is 1.75. The molecule has 11 heterocycles. The fourth-order valence-electron chi connectivity index (χ4n) is 7.03. The van der Waals surface area contributed by atoms with E-state index in [9.17, 15) is 0 Å². The third kappa shape index (κ3) is 59.7. The van der Waals surface area contributed by atoms with Crippen LogP contribution in [0.25, 0.3) is 0 Å². The van der Waals surface area contributed by atoms with Gasteiger partial charge in [0.1, 0.15) is 12.8 Å². The standard InChI is InChI=1S/3C8H13N2.4C7H10NO.4C7H10NS.11Re/c1-8(2,3)7-5-10(4)6-9-7;1-8(2,3)7-5-9-6-10(7)4;1-8(2,3)7-5-6-9-10(7)4;1-7(2,3)6-4-9-5-8-6;1-7(2,3)6-4-8-5-9-6;1-7(2,3)6-4-8-9-5-6;1-7(2,3)6-4-5-8-9-6;1-7(2,3)6-4-9-5-8-6;1-7(2,3)6-4-8-5-9-6;1-7(2,3)6-4-8-9-5-6;1-7(2,3)6-4-5-8-9-6;;;;;;;;;;;/h3*5H,1-4H3;2*4H,1-3H3;5H,1-3H3;3*4H,1-3H3;5H,1-3H3;4H,1-3H3;;;;;;;;;;;/q11*-1;;;;;;;;;;;. The number of hydrogen-bond donors (Lipinski definition) is 0. The zero-order chi connectivity index (χ0) is 78.6. The largest absolute Gasteiger partial charge is 0.581 e. The molecule has 0 fully saturated rings. The van der Waals surface area contributed by atoms with E-state index in [2.05, 4.69) is 355 Å². The molecule has 0 amide bonds. The van der Waals surface area contributed by atoms with Crippen LogP contribution in [0.1, 0.15) is 289 Å². The maximum absolute atomic E-state index is 4.96. The molecule has 11 aromatic heterocycles. The molecule has 0 aliphatic carbocycles. The molecule has 0 saturated carbocycles. The van der Waals surface area contributed by atoms with E-state index in [1.54, 1.807) is 36.1 Å². The van der Waals surface area contributed by atoms with Gasteiger partial charge in [0.15, 0.2) is 0 Å². The summed E-state index contributed by atoms with van der Waals surface area (Å²) in [4.78, 5) is 26.2. The fraction of sp³-hybridized carbons (Fsp3) is 0.588. The number of imidazole rings is 2. The Morgan fingerprint density at radius 2 is 0.920 bits per heavy atom. The Morgan fingerprint density at radius 3 is 1.12 bits per heavy atom. The van der Waals surface area contributed by atoms with Gasteiger partial charge < -0.3 is 75.4 Å². The second-order valence-electron chi connectivity index (χ2n) is 35.3. The maximum atomic E-state index is 4.96. The first kappa shape index (κ1) is 137. The Morgan fingerprint density at radius 1 is 0.389 bits per heavy atom. The Bertz CT molecular complexity index is 3250. The van der Waals surface area contributed by atoms with E-state index in [1.807, 2.05) is 76.4 Å². The molecule has 11 aromatic rings. The topological polar surface area (TPSA) is 209 Å². The number of thiazole rings is 2. The van der Waals surface area contributed by atoms with Gasteiger partial charge in [-0.15, -0.1) is 75.3 Å². The average molecular weight is 3520 g/mol. The molecular formula is C80H119N14O4Re11S4-11. The molecule has 0 atom stereocenters. The molecule has 0 saturated heterocycles. The van der Waals surface area contributed by atoms with Crippen LogP contribution in [-0.2, 0) is 305 Å². The van der Waals surface area contributed by atoms with E-state index in [4.69, 9.17) is 13.4 Å². The number of rotatable bonds is 0. The summed E-state index contributed by atoms with van der Waals surface area (Å²) in [6.45, 7) is 70.3. The smallest absolute Gasteiger partial charge is 0.102 e. The predicted octanol–water partition coefficient (Wildman–Crippen LogP) is 20.6. The van der Waals surface area contributed by atoms with Crippen molar-refractivity contribution in [1.82, 2.24) is 67.9 Å². The second kappa shape index (κ2) is 62.4. The number of nitrogens with zero attached hydrogens (tertiary/aromatic N) is 14. The first-order valence-electron chi connectivity index (χ1n) is 33.7. The summed E-state index contributed by atoms with van der Waals surface area (Å²) in [7, 11) is 5.84. The molecule has 0 aliphatic heterocycles. The van der Waals surface area contributed by atoms with Gasteiger partial charge >= 0.3 is 0 Å². The van der Waals surface area contributed by atoms with Crippen LogP contribution in [0.5, 0.6) is 0 Å². The number of aromatic nitrogens is 14. The SMILES string of the molecule is CC(C)(C)c1[c-]noc1.CC(C)(C)c1[c-]nsc1.CC(C)(C)c1c[c-]no1.CC(C)(C)c1c[c-]ns1.CC(C)(C)c1cn[c-]o1.CC(C)(C)c1cn[c-]s1.CC(C)(C)c1co[c-]n1.CC(C)(C)c1cs[c-]n1.Cn1[c-]nc(C(C)(C)C)c1.Cn1[c-]ncc1C(C)(C)C.Cn1n[c-]cc1C(C)(C)C.[Re].[Re].[Re].[Re].[Re].[Re].[Re].[Re].[Re].[Re].[Re]. The number of hydrogen-bond acceptors (Lipinski definition) is 19. The molecule has 645 valence electrons. The van der Waals surface area contributed by atoms with Crippen LogP contribution in [0.15, 0.2) is 84.2 Å². The van der Waals surface area contributed by atoms with Crippen molar-refractivity contribution in [2.75, 3.05) is 0 Å². The summed E-state index contributed by atoms with van der Waals surface area (Å²) in [6.07, 6.45) is 35.1. The first-order valence-corrected chi connectivity index (χ1v) is 37.0. The molecule has 113 heavy (non-hydrogen) atoms. The summed E-state index contributed by atoms with van der Waals surface area (Å²) in [5.41, 5.74) is 15.2. The van der Waals surface area contributed by atoms with Crippen LogP contribution in [0.2, 0.25) is 0 Å². The minimum absolute atomic E-state index is 0. The molecule has 33 heteroatoms. The quantitative estimate of drug-likeness (QED) is 0.129. The van der Waals surface area contributed by atoms with E-state index in [-0.39, 0.29) is 284 Å². The van der Waals surface area contributed by atoms with Gasteiger partial charge in [0.2, 0.25) is 0 Å². The van der Waals surface area contributed by atoms with E-state index in [0.29, 0.717) is 0 Å². The Hall–Kier alpha value is 0.276. The van der Waals surface area contributed by atoms with Gasteiger partial charge in [-0.3, -0.25) is 22.7 Å². The van der Waals surface area contributed by atoms with Crippen molar-refractivity contribution in [2.24, 2.45) is 21.1 Å². The van der Waals surface area contributed by atoms with Crippen molar-refractivity contribution >= 4 is 45.7 Å². The minimum Gasteiger partial charge on any atom is -0.581 e. The van der Waals surface area contributed by atoms with Crippen molar-refractivity contribution in [3.8, 4) is 0 Å². The second-order valence-corrected chi connectivity index (χ2v) is 38.2. The molecular weight excluding hydrogens is 3400 g/mol. The van der Waals surface area contributed by atoms with Crippen molar-refractivity contribution in [3.05, 3.63) is 195 Å². The van der Waals surface area contributed by atoms with E-state index < -0.39 is 0 Å². The molecule has 18 nitrogen and oxygen atoms in total. The van der Waals surface area contributed by atoms with Gasteiger partial charge in [-0.25, -0.2) is 16.4 Å². The molecule has 11 rings (SSSR count). The molecule has 0 aliphatic rings. The normalized spacial score (nSPS) is 10.8. The molecule has 0 unspecified atom stereocenters. The van der Waals surface area contributed by atoms with Gasteiger partial charge in [-0.1, -0.05) is 290 Å². The van der Waals surface area contributed by atoms with Crippen molar-refractivity contribution < 1.29 is 243 Å². The Balaban J connectivity index is -0.000000111. The zero-order valence-electron chi connectivity index (χ0n) is 72.5. The third-order valence-electron chi connectivity index (χ3n) is 13.7. The molecule has 0 N–H and O–H groups in total. The summed E-state index contributed by atoms with van der Waals surface area (Å²) in [6, 6.07) is 5.64. The van der Waals surface area contributed by atoms with Gasteiger partial charge in [0.05, 0.1) is 0 Å². The predicted molar refractivity (Wildman–Crippen MR) is 417 cm³/mol. The zero-order valence-corrected chi connectivity index (χ0v) is 106. The fourth-order valence-corrected chi connectivity index (χ4v) is 9.67. The number of oxazole rings is 2. The Kier molecular flexibility index (Phi) is 75.4. The van der Waals surface area contributed by atoms with Gasteiger partial charge in [-0.05, 0) is 76.2 Å². The van der Waals surface area contributed by atoms with Crippen molar-refractivity contribution in [2.45, 2.75) is 288 Å². The van der Waals surface area contributed by atoms with Crippen molar-refractivity contribution in [1.29, 1.82) is 0 Å². The van der Waals surface area contributed by atoms with Crippen molar-refractivity contribution in [3.63, 3.8) is 0 Å². The Labute approximate surface area is 848 Å². The minimum atomic E-state index is 0. The van der Waals surface area contributed by atoms with Crippen LogP contribution in [0, 0.1) is 67.4 Å². The summed E-state index contributed by atoms with van der Waals surface area (Å²) in [5.74, 6) is 1.75. The maximum Gasteiger partial charge on any atom is 0.102 e. The molecule has 11 radical (unpaired) electrons. The van der Waals surface area contributed by atoms with Crippen LogP contribution < -0.4 is 0 Å². The summed E-state index contributed by atoms with van der Waals surface area (Å²) >= 11 is 6.11. The third-order valence-corrected chi connectivity index (χ3v) is 17.0. The molecule has 0 bridgehead atoms. The van der Waals surface area contributed by atoms with Crippen LogP contribution in [0.3, 0.4) is 0 Å². The monoisotopic (exact) mass is 3520 g/mol. The van der Waals surface area contributed by atoms with Gasteiger partial charge in [-0.2, -0.15) is 46.3 Å². The van der Waals surface area contributed by atoms with E-state index in [1.165, 1.54) is 61.1 Å². The summed E-state index contributed by atoms with van der Waals surface area (Å²) in [5, 5.41) is 15.0. The van der Waals surface area contributed by atoms with Crippen LogP contribution in [-0.4, -0.2) is 67.9 Å². The van der Waals surface area contributed by atoms with Gasteiger partial charge in [0.25, 0.3) is 0 Å². The summed E-state index contributed by atoms with van der Waals surface area (Å²) < 4.78 is 32.6. The van der Waals surface area contributed by atoms with Gasteiger partial charge in [0, 0.05) is 244 Å². The molecule has 0 aromatic carbocycles. The first-order chi connectivity index (χ1) is 46.4.